The lowest BCUT2D eigenvalue weighted by Gasteiger charge is -2.15. The van der Waals surface area contributed by atoms with Crippen molar-refractivity contribution in [3.05, 3.63) is 58.7 Å². The Morgan fingerprint density at radius 3 is 2.47 bits per heavy atom. The molecule has 6 heteroatoms. The van der Waals surface area contributed by atoms with E-state index in [-0.39, 0.29) is 24.3 Å². The highest BCUT2D eigenvalue weighted by molar-refractivity contribution is 8.15. The van der Waals surface area contributed by atoms with Crippen molar-refractivity contribution >= 4 is 40.1 Å². The van der Waals surface area contributed by atoms with Crippen LogP contribution in [0.15, 0.2) is 41.4 Å². The summed E-state index contributed by atoms with van der Waals surface area (Å²) in [6.07, 6.45) is 2.14. The fraction of sp³-hybridized carbons (Fsp3) is 0.375. The Hall–Kier alpha value is -2.60. The van der Waals surface area contributed by atoms with E-state index < -0.39 is 5.25 Å². The third-order valence-corrected chi connectivity index (χ3v) is 6.64. The lowest BCUT2D eigenvalue weighted by Crippen LogP contribution is -2.35. The molecule has 0 aromatic heterocycles. The molecule has 2 aliphatic rings. The van der Waals surface area contributed by atoms with Crippen LogP contribution in [0, 0.1) is 27.7 Å². The Labute approximate surface area is 182 Å². The van der Waals surface area contributed by atoms with Crippen molar-refractivity contribution in [3.8, 4) is 0 Å². The zero-order valence-corrected chi connectivity index (χ0v) is 18.7. The molecule has 2 fully saturated rings. The molecule has 5 nitrogen and oxygen atoms in total. The summed E-state index contributed by atoms with van der Waals surface area (Å²) in [7, 11) is 0. The Morgan fingerprint density at radius 2 is 1.77 bits per heavy atom. The number of hydrogen-bond acceptors (Lipinski definition) is 4. The van der Waals surface area contributed by atoms with Gasteiger partial charge in [-0.2, -0.15) is 0 Å². The van der Waals surface area contributed by atoms with E-state index in [1.54, 1.807) is 0 Å². The number of aryl methyl sites for hydroxylation is 4. The number of nitrogens with one attached hydrogen (secondary N) is 1. The summed E-state index contributed by atoms with van der Waals surface area (Å²) >= 11 is 1.42. The van der Waals surface area contributed by atoms with Crippen LogP contribution in [0.4, 0.5) is 11.4 Å². The third-order valence-electron chi connectivity index (χ3n) is 5.49. The predicted molar refractivity (Wildman–Crippen MR) is 123 cm³/mol. The van der Waals surface area contributed by atoms with Crippen LogP contribution in [0.5, 0.6) is 0 Å². The largest absolute Gasteiger partial charge is 0.326 e. The fourth-order valence-corrected chi connectivity index (χ4v) is 4.84. The van der Waals surface area contributed by atoms with Gasteiger partial charge in [-0.15, -0.1) is 0 Å². The molecule has 30 heavy (non-hydrogen) atoms. The van der Waals surface area contributed by atoms with Gasteiger partial charge in [0.1, 0.15) is 5.25 Å². The zero-order chi connectivity index (χ0) is 21.4. The molecule has 1 heterocycles. The lowest BCUT2D eigenvalue weighted by atomic mass is 10.1. The quantitative estimate of drug-likeness (QED) is 0.735. The minimum absolute atomic E-state index is 0.00216. The smallest absolute Gasteiger partial charge is 0.242 e. The molecule has 2 aromatic rings. The molecule has 0 bridgehead atoms. The van der Waals surface area contributed by atoms with E-state index in [4.69, 9.17) is 4.99 Å². The van der Waals surface area contributed by atoms with Crippen molar-refractivity contribution in [1.29, 1.82) is 0 Å². The molecule has 4 rings (SSSR count). The second-order valence-electron chi connectivity index (χ2n) is 8.30. The number of nitrogens with zero attached hydrogens (tertiary/aromatic N) is 2. The molecule has 1 atom stereocenters. The minimum atomic E-state index is -0.430. The average molecular weight is 422 g/mol. The van der Waals surface area contributed by atoms with Gasteiger partial charge in [0.2, 0.25) is 11.8 Å². The maximum absolute atomic E-state index is 13.1. The molecule has 2 amide bonds. The topological polar surface area (TPSA) is 61.8 Å². The maximum atomic E-state index is 13.1. The van der Waals surface area contributed by atoms with Gasteiger partial charge in [0.05, 0.1) is 5.69 Å². The number of benzene rings is 2. The van der Waals surface area contributed by atoms with E-state index in [9.17, 15) is 9.59 Å². The molecular formula is C24H27N3O2S. The monoisotopic (exact) mass is 421 g/mol. The number of amidine groups is 1. The van der Waals surface area contributed by atoms with Crippen LogP contribution < -0.4 is 5.32 Å². The first-order valence-electron chi connectivity index (χ1n) is 10.3. The first-order valence-corrected chi connectivity index (χ1v) is 11.2. The summed E-state index contributed by atoms with van der Waals surface area (Å²) in [6, 6.07) is 12.3. The van der Waals surface area contributed by atoms with Crippen LogP contribution in [-0.2, 0) is 9.59 Å². The van der Waals surface area contributed by atoms with Crippen molar-refractivity contribution in [3.63, 3.8) is 0 Å². The highest BCUT2D eigenvalue weighted by atomic mass is 32.2. The number of anilines is 1. The van der Waals surface area contributed by atoms with Crippen LogP contribution in [0.3, 0.4) is 0 Å². The van der Waals surface area contributed by atoms with Gasteiger partial charge in [0, 0.05) is 18.2 Å². The number of hydrogen-bond donors (Lipinski definition) is 1. The molecule has 156 valence electrons. The summed E-state index contributed by atoms with van der Waals surface area (Å²) in [5.74, 6) is -0.140. The Morgan fingerprint density at radius 1 is 1.07 bits per heavy atom. The molecule has 1 N–H and O–H groups in total. The Balaban J connectivity index is 1.52. The molecular weight excluding hydrogens is 394 g/mol. The molecule has 1 aliphatic carbocycles. The third kappa shape index (κ3) is 4.43. The van der Waals surface area contributed by atoms with Crippen molar-refractivity contribution in [2.45, 2.75) is 58.2 Å². The van der Waals surface area contributed by atoms with Gasteiger partial charge >= 0.3 is 0 Å². The number of thioether (sulfide) groups is 1. The van der Waals surface area contributed by atoms with Gasteiger partial charge in [-0.1, -0.05) is 41.6 Å². The number of amides is 2. The number of carbonyl (C=O) groups excluding carboxylic acids is 2. The first-order chi connectivity index (χ1) is 14.3. The summed E-state index contributed by atoms with van der Waals surface area (Å²) in [5.41, 5.74) is 6.07. The number of carbonyl (C=O) groups is 2. The van der Waals surface area contributed by atoms with E-state index in [1.807, 2.05) is 62.9 Å². The zero-order valence-electron chi connectivity index (χ0n) is 17.9. The van der Waals surface area contributed by atoms with E-state index in [1.165, 1.54) is 11.8 Å². The molecule has 2 aromatic carbocycles. The Bertz CT molecular complexity index is 1040. The molecule has 0 spiro atoms. The van der Waals surface area contributed by atoms with Crippen molar-refractivity contribution in [1.82, 2.24) is 4.90 Å². The minimum Gasteiger partial charge on any atom is -0.326 e. The van der Waals surface area contributed by atoms with Gasteiger partial charge in [0.25, 0.3) is 0 Å². The summed E-state index contributed by atoms with van der Waals surface area (Å²) in [6.45, 7) is 8.06. The van der Waals surface area contributed by atoms with Crippen LogP contribution in [-0.4, -0.2) is 33.2 Å². The predicted octanol–water partition coefficient (Wildman–Crippen LogP) is 5.04. The van der Waals surface area contributed by atoms with Gasteiger partial charge in [-0.05, 0) is 69.4 Å². The van der Waals surface area contributed by atoms with Crippen LogP contribution in [0.1, 0.15) is 41.5 Å². The van der Waals surface area contributed by atoms with E-state index in [0.717, 1.165) is 51.6 Å². The first kappa shape index (κ1) is 20.7. The standard InChI is InChI=1S/C24H27N3O2S/c1-14-6-10-19(17(4)11-14)25-22(28)13-21-23(29)27(18-8-9-18)24(30-21)26-20-12-15(2)5-7-16(20)3/h5-7,10-12,18,21H,8-9,13H2,1-4H3,(H,25,28)/t21-/m0/s1. The van der Waals surface area contributed by atoms with E-state index in [0.29, 0.717) is 0 Å². The number of aliphatic imine (C=N–C) groups is 1. The molecule has 0 unspecified atom stereocenters. The summed E-state index contributed by atoms with van der Waals surface area (Å²) in [5, 5.41) is 3.26. The number of rotatable bonds is 5. The molecule has 0 radical (unpaired) electrons. The Kier molecular flexibility index (Phi) is 5.69. The molecule has 1 saturated carbocycles. The van der Waals surface area contributed by atoms with Crippen molar-refractivity contribution < 1.29 is 9.59 Å². The van der Waals surface area contributed by atoms with Gasteiger partial charge in [0.15, 0.2) is 5.17 Å². The van der Waals surface area contributed by atoms with Crippen LogP contribution >= 0.6 is 11.8 Å². The van der Waals surface area contributed by atoms with Gasteiger partial charge < -0.3 is 5.32 Å². The van der Waals surface area contributed by atoms with E-state index in [2.05, 4.69) is 11.4 Å². The maximum Gasteiger partial charge on any atom is 0.242 e. The van der Waals surface area contributed by atoms with Gasteiger partial charge in [-0.25, -0.2) is 4.99 Å². The summed E-state index contributed by atoms with van der Waals surface area (Å²) in [4.78, 5) is 32.4. The second-order valence-corrected chi connectivity index (χ2v) is 9.47. The van der Waals surface area contributed by atoms with E-state index >= 15 is 0 Å². The molecule has 1 aliphatic heterocycles. The van der Waals surface area contributed by atoms with Gasteiger partial charge in [-0.3, -0.25) is 14.5 Å². The lowest BCUT2D eigenvalue weighted by molar-refractivity contribution is -0.128. The van der Waals surface area contributed by atoms with Crippen LogP contribution in [0.2, 0.25) is 0 Å². The second kappa shape index (κ2) is 8.26. The SMILES string of the molecule is Cc1ccc(NC(=O)C[C@@H]2SC(=Nc3cc(C)ccc3C)N(C3CC3)C2=O)c(C)c1. The normalized spacial score (nSPS) is 20.1. The van der Waals surface area contributed by atoms with Crippen LogP contribution in [0.25, 0.3) is 0 Å². The average Bonchev–Trinajstić information content (AvgIpc) is 3.47. The van der Waals surface area contributed by atoms with Crippen molar-refractivity contribution in [2.24, 2.45) is 4.99 Å². The van der Waals surface area contributed by atoms with Crippen molar-refractivity contribution in [2.75, 3.05) is 5.32 Å². The molecule has 1 saturated heterocycles. The summed E-state index contributed by atoms with van der Waals surface area (Å²) < 4.78 is 0. The highest BCUT2D eigenvalue weighted by Crippen LogP contribution is 2.40. The highest BCUT2D eigenvalue weighted by Gasteiger charge is 2.46. The fourth-order valence-electron chi connectivity index (χ4n) is 3.63.